The second-order valence-corrected chi connectivity index (χ2v) is 11.0. The number of para-hydroxylation sites is 1. The lowest BCUT2D eigenvalue weighted by Gasteiger charge is -2.24. The highest BCUT2D eigenvalue weighted by Gasteiger charge is 2.22. The molecule has 0 unspecified atom stereocenters. The van der Waals surface area contributed by atoms with Gasteiger partial charge in [-0.3, -0.25) is 4.79 Å². The quantitative estimate of drug-likeness (QED) is 0.253. The van der Waals surface area contributed by atoms with Crippen LogP contribution in [0.3, 0.4) is 0 Å². The van der Waals surface area contributed by atoms with Gasteiger partial charge in [-0.25, -0.2) is 9.97 Å². The molecule has 41 heavy (non-hydrogen) atoms. The van der Waals surface area contributed by atoms with Gasteiger partial charge in [-0.2, -0.15) is 0 Å². The molecule has 216 valence electrons. The van der Waals surface area contributed by atoms with Gasteiger partial charge in [-0.05, 0) is 46.0 Å². The highest BCUT2D eigenvalue weighted by Crippen LogP contribution is 2.35. The molecule has 11 heteroatoms. The van der Waals surface area contributed by atoms with E-state index in [0.717, 1.165) is 72.6 Å². The van der Waals surface area contributed by atoms with Gasteiger partial charge >= 0.3 is 0 Å². The largest absolute Gasteiger partial charge is 0.381 e. The molecular formula is C30H36ClN7O2S. The maximum absolute atomic E-state index is 13.7. The summed E-state index contributed by atoms with van der Waals surface area (Å²) < 4.78 is 5.50. The van der Waals surface area contributed by atoms with E-state index < -0.39 is 0 Å². The van der Waals surface area contributed by atoms with Gasteiger partial charge in [0.2, 0.25) is 0 Å². The number of likely N-dealkylation sites (N-methyl/N-ethyl adjacent to an activating group) is 2. The molecule has 3 heterocycles. The average Bonchev–Trinajstić information content (AvgIpc) is 3.49. The number of hydrogen-bond acceptors (Lipinski definition) is 9. The lowest BCUT2D eigenvalue weighted by molar-refractivity contribution is 0.0851. The van der Waals surface area contributed by atoms with Crippen LogP contribution in [-0.2, 0) is 4.74 Å². The molecule has 2 aromatic carbocycles. The molecule has 1 aliphatic heterocycles. The van der Waals surface area contributed by atoms with Crippen LogP contribution < -0.4 is 10.2 Å². The van der Waals surface area contributed by atoms with E-state index in [1.165, 1.54) is 0 Å². The Kier molecular flexibility index (Phi) is 10.8. The number of benzene rings is 2. The van der Waals surface area contributed by atoms with E-state index in [-0.39, 0.29) is 18.3 Å². The van der Waals surface area contributed by atoms with Crippen molar-refractivity contribution >= 4 is 41.2 Å². The van der Waals surface area contributed by atoms with Crippen LogP contribution in [0.5, 0.6) is 0 Å². The molecule has 0 atom stereocenters. The number of nitrogens with one attached hydrogen (secondary N) is 1. The Hall–Kier alpha value is -3.44. The van der Waals surface area contributed by atoms with E-state index in [4.69, 9.17) is 9.72 Å². The van der Waals surface area contributed by atoms with E-state index in [0.29, 0.717) is 23.1 Å². The first kappa shape index (κ1) is 30.5. The van der Waals surface area contributed by atoms with E-state index >= 15 is 0 Å². The molecule has 0 radical (unpaired) electrons. The lowest BCUT2D eigenvalue weighted by atomic mass is 10.0. The fourth-order valence-electron chi connectivity index (χ4n) is 4.60. The van der Waals surface area contributed by atoms with Gasteiger partial charge in [-0.15, -0.1) is 22.6 Å². The zero-order valence-corrected chi connectivity index (χ0v) is 25.2. The van der Waals surface area contributed by atoms with Crippen molar-refractivity contribution in [3.05, 3.63) is 71.4 Å². The fourth-order valence-corrected chi connectivity index (χ4v) is 5.65. The minimum atomic E-state index is -0.300. The Morgan fingerprint density at radius 1 is 1.00 bits per heavy atom. The number of halogens is 1. The van der Waals surface area contributed by atoms with Gasteiger partial charge in [0.25, 0.3) is 5.91 Å². The van der Waals surface area contributed by atoms with Gasteiger partial charge in [0.15, 0.2) is 5.82 Å². The van der Waals surface area contributed by atoms with E-state index in [1.54, 1.807) is 17.4 Å². The molecule has 1 amide bonds. The zero-order chi connectivity index (χ0) is 27.9. The van der Waals surface area contributed by atoms with Crippen LogP contribution in [0.15, 0.2) is 60.7 Å². The van der Waals surface area contributed by atoms with Gasteiger partial charge < -0.3 is 19.9 Å². The van der Waals surface area contributed by atoms with Crippen molar-refractivity contribution < 1.29 is 9.53 Å². The van der Waals surface area contributed by atoms with Crippen LogP contribution in [0.2, 0.25) is 0 Å². The predicted octanol–water partition coefficient (Wildman–Crippen LogP) is 5.62. The first-order valence-electron chi connectivity index (χ1n) is 13.7. The molecule has 9 nitrogen and oxygen atoms in total. The Labute approximate surface area is 251 Å². The maximum Gasteiger partial charge on any atom is 0.274 e. The van der Waals surface area contributed by atoms with Crippen LogP contribution in [0.1, 0.15) is 41.2 Å². The lowest BCUT2D eigenvalue weighted by Crippen LogP contribution is -2.32. The number of amides is 1. The van der Waals surface area contributed by atoms with Crippen molar-refractivity contribution in [3.63, 3.8) is 0 Å². The summed E-state index contributed by atoms with van der Waals surface area (Å²) in [6.45, 7) is 6.00. The van der Waals surface area contributed by atoms with E-state index in [9.17, 15) is 4.79 Å². The number of ether oxygens (including phenoxy) is 1. The highest BCUT2D eigenvalue weighted by atomic mass is 35.5. The SMILES string of the molecule is CCN(CCN(C)C)c1cc(C(=O)Nc2ccccc2-c2nnc(C3CCOCC3)s2)nc(-c2ccccc2)n1.Cl. The number of nitrogens with zero attached hydrogens (tertiary/aromatic N) is 6. The van der Waals surface area contributed by atoms with E-state index in [1.807, 2.05) is 68.7 Å². The monoisotopic (exact) mass is 593 g/mol. The molecule has 1 fully saturated rings. The molecular weight excluding hydrogens is 558 g/mol. The van der Waals surface area contributed by atoms with Crippen LogP contribution in [0.25, 0.3) is 22.0 Å². The number of anilines is 2. The molecule has 5 rings (SSSR count). The minimum Gasteiger partial charge on any atom is -0.381 e. The van der Waals surface area contributed by atoms with Gasteiger partial charge in [-0.1, -0.05) is 53.8 Å². The third kappa shape index (κ3) is 7.65. The summed E-state index contributed by atoms with van der Waals surface area (Å²) in [5.41, 5.74) is 2.67. The number of hydrogen-bond donors (Lipinski definition) is 1. The summed E-state index contributed by atoms with van der Waals surface area (Å²) in [5, 5.41) is 13.9. The first-order chi connectivity index (χ1) is 19.5. The Morgan fingerprint density at radius 3 is 2.46 bits per heavy atom. The molecule has 0 aliphatic carbocycles. The molecule has 4 aromatic rings. The summed E-state index contributed by atoms with van der Waals surface area (Å²) in [5.74, 6) is 1.31. The molecule has 1 N–H and O–H groups in total. The summed E-state index contributed by atoms with van der Waals surface area (Å²) in [6.07, 6.45) is 1.91. The maximum atomic E-state index is 13.7. The van der Waals surface area contributed by atoms with Crippen LogP contribution in [0.4, 0.5) is 11.5 Å². The third-order valence-corrected chi connectivity index (χ3v) is 8.04. The number of aromatic nitrogens is 4. The molecule has 1 aliphatic rings. The summed E-state index contributed by atoms with van der Waals surface area (Å²) in [7, 11) is 4.09. The van der Waals surface area contributed by atoms with Gasteiger partial charge in [0, 0.05) is 56.0 Å². The van der Waals surface area contributed by atoms with Gasteiger partial charge in [0.1, 0.15) is 21.5 Å². The van der Waals surface area contributed by atoms with Crippen LogP contribution in [0, 0.1) is 0 Å². The van der Waals surface area contributed by atoms with Crippen molar-refractivity contribution in [2.45, 2.75) is 25.7 Å². The Bertz CT molecular complexity index is 1430. The summed E-state index contributed by atoms with van der Waals surface area (Å²) >= 11 is 1.58. The number of rotatable bonds is 10. The van der Waals surface area contributed by atoms with Gasteiger partial charge in [0.05, 0.1) is 5.69 Å². The first-order valence-corrected chi connectivity index (χ1v) is 14.5. The zero-order valence-electron chi connectivity index (χ0n) is 23.6. The summed E-state index contributed by atoms with van der Waals surface area (Å²) in [6, 6.07) is 19.2. The topological polar surface area (TPSA) is 96.4 Å². The highest BCUT2D eigenvalue weighted by molar-refractivity contribution is 7.14. The second kappa shape index (κ2) is 14.5. The normalized spacial score (nSPS) is 13.6. The van der Waals surface area contributed by atoms with Crippen molar-refractivity contribution in [2.75, 3.05) is 57.2 Å². The molecule has 0 saturated carbocycles. The summed E-state index contributed by atoms with van der Waals surface area (Å²) in [4.78, 5) is 27.5. The Morgan fingerprint density at radius 2 is 1.73 bits per heavy atom. The van der Waals surface area contributed by atoms with Crippen molar-refractivity contribution in [2.24, 2.45) is 0 Å². The Balaban J connectivity index is 0.00000387. The number of carbonyl (C=O) groups is 1. The smallest absolute Gasteiger partial charge is 0.274 e. The molecule has 2 aromatic heterocycles. The van der Waals surface area contributed by atoms with Crippen molar-refractivity contribution in [1.82, 2.24) is 25.1 Å². The molecule has 0 bridgehead atoms. The molecule has 0 spiro atoms. The minimum absolute atomic E-state index is 0. The van der Waals surface area contributed by atoms with Crippen molar-refractivity contribution in [1.29, 1.82) is 0 Å². The van der Waals surface area contributed by atoms with E-state index in [2.05, 4.69) is 37.2 Å². The third-order valence-electron chi connectivity index (χ3n) is 6.92. The van der Waals surface area contributed by atoms with Crippen LogP contribution in [-0.4, -0.2) is 77.9 Å². The average molecular weight is 594 g/mol. The number of carbonyl (C=O) groups excluding carboxylic acids is 1. The van der Waals surface area contributed by atoms with Crippen molar-refractivity contribution in [3.8, 4) is 22.0 Å². The standard InChI is InChI=1S/C30H35N7O2S.ClH/c1-4-37(17-16-36(2)3)26-20-25(31-27(33-26)21-10-6-5-7-11-21)28(38)32-24-13-9-8-12-23(24)30-35-34-29(40-30)22-14-18-39-19-15-22;/h5-13,20,22H,4,14-19H2,1-3H3,(H,32,38);1H. The second-order valence-electron chi connectivity index (χ2n) is 10.0. The predicted molar refractivity (Wildman–Crippen MR) is 167 cm³/mol. The van der Waals surface area contributed by atoms with Crippen LogP contribution >= 0.6 is 23.7 Å². The fraction of sp³-hybridized carbons (Fsp3) is 0.367. The molecule has 1 saturated heterocycles.